The number of Topliss-reactive ketones (excluding diaryl/α,β-unsaturated/α-hetero) is 1. The van der Waals surface area contributed by atoms with Gasteiger partial charge in [-0.2, -0.15) is 5.26 Å². The van der Waals surface area contributed by atoms with E-state index in [4.69, 9.17) is 5.26 Å². The maximum absolute atomic E-state index is 11.7. The predicted octanol–water partition coefficient (Wildman–Crippen LogP) is 2.89. The van der Waals surface area contributed by atoms with E-state index in [1.807, 2.05) is 32.9 Å². The highest BCUT2D eigenvalue weighted by molar-refractivity contribution is 5.86. The van der Waals surface area contributed by atoms with Crippen LogP contribution in [-0.2, 0) is 4.79 Å². The van der Waals surface area contributed by atoms with Crippen LogP contribution in [0.5, 0.6) is 0 Å². The summed E-state index contributed by atoms with van der Waals surface area (Å²) in [6.07, 6.45) is 0. The number of rotatable bonds is 3. The number of benzene rings is 1. The van der Waals surface area contributed by atoms with E-state index in [1.165, 1.54) is 0 Å². The van der Waals surface area contributed by atoms with Gasteiger partial charge >= 0.3 is 0 Å². The van der Waals surface area contributed by atoms with Crippen LogP contribution in [0.3, 0.4) is 0 Å². The van der Waals surface area contributed by atoms with Gasteiger partial charge < -0.3 is 0 Å². The van der Waals surface area contributed by atoms with Gasteiger partial charge in [-0.1, -0.05) is 32.9 Å². The number of nitriles is 1. The van der Waals surface area contributed by atoms with Crippen molar-refractivity contribution in [2.45, 2.75) is 26.7 Å². The molecule has 2 heteroatoms. The van der Waals surface area contributed by atoms with Crippen LogP contribution in [-0.4, -0.2) is 5.78 Å². The minimum Gasteiger partial charge on any atom is -0.299 e. The summed E-state index contributed by atoms with van der Waals surface area (Å²) in [6, 6.07) is 9.26. The van der Waals surface area contributed by atoms with Crippen LogP contribution in [0.4, 0.5) is 0 Å². The minimum atomic E-state index is -0.0854. The lowest BCUT2D eigenvalue weighted by atomic mass is 9.90. The average molecular weight is 201 g/mol. The van der Waals surface area contributed by atoms with E-state index in [1.54, 1.807) is 12.1 Å². The summed E-state index contributed by atoms with van der Waals surface area (Å²) in [5.41, 5.74) is 1.61. The first-order valence-electron chi connectivity index (χ1n) is 5.10. The Morgan fingerprint density at radius 2 is 1.73 bits per heavy atom. The smallest absolute Gasteiger partial charge is 0.142 e. The lowest BCUT2D eigenvalue weighted by Crippen LogP contribution is -2.15. The van der Waals surface area contributed by atoms with E-state index in [9.17, 15) is 4.79 Å². The van der Waals surface area contributed by atoms with E-state index in [0.29, 0.717) is 5.56 Å². The topological polar surface area (TPSA) is 40.9 Å². The third-order valence-corrected chi connectivity index (χ3v) is 2.54. The number of hydrogen-bond donors (Lipinski definition) is 0. The summed E-state index contributed by atoms with van der Waals surface area (Å²) in [5.74, 6) is 0.202. The highest BCUT2D eigenvalue weighted by Crippen LogP contribution is 2.20. The maximum atomic E-state index is 11.7. The van der Waals surface area contributed by atoms with Crippen LogP contribution in [0, 0.1) is 17.2 Å². The molecule has 15 heavy (non-hydrogen) atoms. The van der Waals surface area contributed by atoms with Crippen molar-refractivity contribution in [2.75, 3.05) is 0 Å². The van der Waals surface area contributed by atoms with Crippen molar-refractivity contribution in [2.24, 2.45) is 5.92 Å². The first-order chi connectivity index (χ1) is 7.06. The van der Waals surface area contributed by atoms with Crippen LogP contribution >= 0.6 is 0 Å². The molecule has 0 bridgehead atoms. The standard InChI is InChI=1S/C13H15NO/c1-9(2)13(15)10(3)12-6-4-11(8-14)5-7-12/h4-7,9-10H,1-3H3. The molecule has 0 aliphatic heterocycles. The van der Waals surface area contributed by atoms with Crippen molar-refractivity contribution >= 4 is 5.78 Å². The molecule has 1 aromatic carbocycles. The number of carbonyl (C=O) groups is 1. The quantitative estimate of drug-likeness (QED) is 0.754. The zero-order valence-corrected chi connectivity index (χ0v) is 9.32. The molecule has 0 saturated carbocycles. The van der Waals surface area contributed by atoms with Crippen molar-refractivity contribution in [3.05, 3.63) is 35.4 Å². The first-order valence-corrected chi connectivity index (χ1v) is 5.10. The summed E-state index contributed by atoms with van der Waals surface area (Å²) in [5, 5.41) is 8.65. The first kappa shape index (κ1) is 11.5. The van der Waals surface area contributed by atoms with Gasteiger partial charge in [0.15, 0.2) is 0 Å². The second kappa shape index (κ2) is 4.75. The van der Waals surface area contributed by atoms with Crippen LogP contribution in [0.2, 0.25) is 0 Å². The van der Waals surface area contributed by atoms with Crippen molar-refractivity contribution in [1.82, 2.24) is 0 Å². The van der Waals surface area contributed by atoms with E-state index in [-0.39, 0.29) is 17.6 Å². The van der Waals surface area contributed by atoms with E-state index in [0.717, 1.165) is 5.56 Å². The van der Waals surface area contributed by atoms with Gasteiger partial charge in [0, 0.05) is 11.8 Å². The Morgan fingerprint density at radius 3 is 2.13 bits per heavy atom. The van der Waals surface area contributed by atoms with E-state index >= 15 is 0 Å². The molecule has 0 aliphatic carbocycles. The summed E-state index contributed by atoms with van der Waals surface area (Å²) in [7, 11) is 0. The maximum Gasteiger partial charge on any atom is 0.142 e. The molecule has 0 heterocycles. The SMILES string of the molecule is CC(C)C(=O)C(C)c1ccc(C#N)cc1. The monoisotopic (exact) mass is 201 g/mol. The van der Waals surface area contributed by atoms with Gasteiger partial charge in [-0.05, 0) is 17.7 Å². The molecule has 0 spiro atoms. The predicted molar refractivity (Wildman–Crippen MR) is 59.4 cm³/mol. The van der Waals surface area contributed by atoms with Crippen molar-refractivity contribution in [1.29, 1.82) is 5.26 Å². The third kappa shape index (κ3) is 2.66. The fourth-order valence-corrected chi connectivity index (χ4v) is 1.51. The van der Waals surface area contributed by atoms with Crippen molar-refractivity contribution in [3.63, 3.8) is 0 Å². The third-order valence-electron chi connectivity index (χ3n) is 2.54. The molecule has 0 amide bonds. The molecule has 78 valence electrons. The van der Waals surface area contributed by atoms with E-state index < -0.39 is 0 Å². The number of hydrogen-bond acceptors (Lipinski definition) is 2. The van der Waals surface area contributed by atoms with Crippen LogP contribution in [0.1, 0.15) is 37.8 Å². The van der Waals surface area contributed by atoms with Gasteiger partial charge in [0.2, 0.25) is 0 Å². The fraction of sp³-hybridized carbons (Fsp3) is 0.385. The Bertz CT molecular complexity index is 384. The van der Waals surface area contributed by atoms with Gasteiger partial charge in [-0.3, -0.25) is 4.79 Å². The van der Waals surface area contributed by atoms with Gasteiger partial charge in [0.25, 0.3) is 0 Å². The molecule has 1 unspecified atom stereocenters. The summed E-state index contributed by atoms with van der Waals surface area (Å²) in [6.45, 7) is 5.72. The highest BCUT2D eigenvalue weighted by Gasteiger charge is 2.17. The van der Waals surface area contributed by atoms with Crippen LogP contribution in [0.25, 0.3) is 0 Å². The Morgan fingerprint density at radius 1 is 1.20 bits per heavy atom. The molecule has 2 nitrogen and oxygen atoms in total. The summed E-state index contributed by atoms with van der Waals surface area (Å²) >= 11 is 0. The molecule has 0 radical (unpaired) electrons. The molecule has 1 rings (SSSR count). The van der Waals surface area contributed by atoms with Crippen LogP contribution < -0.4 is 0 Å². The molecule has 1 atom stereocenters. The Balaban J connectivity index is 2.88. The molecule has 0 fully saturated rings. The second-order valence-corrected chi connectivity index (χ2v) is 4.01. The molecule has 0 N–H and O–H groups in total. The van der Waals surface area contributed by atoms with E-state index in [2.05, 4.69) is 6.07 Å². The number of carbonyl (C=O) groups excluding carboxylic acids is 1. The molecule has 0 aliphatic rings. The second-order valence-electron chi connectivity index (χ2n) is 4.01. The number of ketones is 1. The van der Waals surface area contributed by atoms with Gasteiger partial charge in [-0.15, -0.1) is 0 Å². The lowest BCUT2D eigenvalue weighted by Gasteiger charge is -2.13. The number of nitrogens with zero attached hydrogens (tertiary/aromatic N) is 1. The Kier molecular flexibility index (Phi) is 3.62. The summed E-state index contributed by atoms with van der Waals surface area (Å²) < 4.78 is 0. The largest absolute Gasteiger partial charge is 0.299 e. The van der Waals surface area contributed by atoms with Crippen LogP contribution in [0.15, 0.2) is 24.3 Å². The zero-order valence-electron chi connectivity index (χ0n) is 9.32. The van der Waals surface area contributed by atoms with Gasteiger partial charge in [0.1, 0.15) is 5.78 Å². The summed E-state index contributed by atoms with van der Waals surface area (Å²) in [4.78, 5) is 11.7. The molecular weight excluding hydrogens is 186 g/mol. The highest BCUT2D eigenvalue weighted by atomic mass is 16.1. The Labute approximate surface area is 90.5 Å². The molecule has 1 aromatic rings. The molecule has 0 saturated heterocycles. The molecule has 0 aromatic heterocycles. The van der Waals surface area contributed by atoms with Crippen molar-refractivity contribution in [3.8, 4) is 6.07 Å². The van der Waals surface area contributed by atoms with Gasteiger partial charge in [0.05, 0.1) is 11.6 Å². The lowest BCUT2D eigenvalue weighted by molar-refractivity contribution is -0.123. The zero-order chi connectivity index (χ0) is 11.4. The minimum absolute atomic E-state index is 0.0515. The Hall–Kier alpha value is -1.62. The average Bonchev–Trinajstić information content (AvgIpc) is 2.27. The normalized spacial score (nSPS) is 12.2. The van der Waals surface area contributed by atoms with Crippen molar-refractivity contribution < 1.29 is 4.79 Å². The fourth-order valence-electron chi connectivity index (χ4n) is 1.51. The molecular formula is C13H15NO. The van der Waals surface area contributed by atoms with Gasteiger partial charge in [-0.25, -0.2) is 0 Å².